The summed E-state index contributed by atoms with van der Waals surface area (Å²) >= 11 is 5.88. The second-order valence-electron chi connectivity index (χ2n) is 4.95. The highest BCUT2D eigenvalue weighted by atomic mass is 35.5. The predicted molar refractivity (Wildman–Crippen MR) is 85.9 cm³/mol. The Balaban J connectivity index is 0.00000200. The summed E-state index contributed by atoms with van der Waals surface area (Å²) in [5, 5.41) is 3.51. The number of piperazine rings is 1. The lowest BCUT2D eigenvalue weighted by molar-refractivity contribution is -0.116. The Morgan fingerprint density at radius 3 is 2.65 bits per heavy atom. The quantitative estimate of drug-likeness (QED) is 0.925. The standard InChI is InChI=1S/C14H20ClN3O.ClH/c1-17-7-9-18(10-8-17)6-5-14(19)16-13-4-2-3-12(15)11-13;/h2-4,11H,5-10H2,1H3,(H,16,19);1H. The monoisotopic (exact) mass is 317 g/mol. The van der Waals surface area contributed by atoms with Crippen molar-refractivity contribution in [2.75, 3.05) is 45.1 Å². The largest absolute Gasteiger partial charge is 0.326 e. The first-order valence-corrected chi connectivity index (χ1v) is 6.97. The molecule has 1 aliphatic heterocycles. The maximum atomic E-state index is 11.8. The van der Waals surface area contributed by atoms with Crippen molar-refractivity contribution < 1.29 is 4.79 Å². The average Bonchev–Trinajstić information content (AvgIpc) is 2.38. The summed E-state index contributed by atoms with van der Waals surface area (Å²) in [5.41, 5.74) is 0.760. The number of hydrogen-bond acceptors (Lipinski definition) is 3. The van der Waals surface area contributed by atoms with Gasteiger partial charge in [-0.25, -0.2) is 0 Å². The minimum Gasteiger partial charge on any atom is -0.326 e. The summed E-state index contributed by atoms with van der Waals surface area (Å²) in [6.45, 7) is 5.06. The third-order valence-electron chi connectivity index (χ3n) is 3.36. The molecule has 1 amide bonds. The van der Waals surface area contributed by atoms with Gasteiger partial charge in [0.15, 0.2) is 0 Å². The van der Waals surface area contributed by atoms with Gasteiger partial charge < -0.3 is 15.1 Å². The predicted octanol–water partition coefficient (Wildman–Crippen LogP) is 2.34. The number of benzene rings is 1. The lowest BCUT2D eigenvalue weighted by Gasteiger charge is -2.32. The zero-order chi connectivity index (χ0) is 13.7. The minimum atomic E-state index is 0. The number of carbonyl (C=O) groups is 1. The molecule has 20 heavy (non-hydrogen) atoms. The Kier molecular flexibility index (Phi) is 7.30. The molecule has 0 atom stereocenters. The van der Waals surface area contributed by atoms with Crippen LogP contribution in [0.2, 0.25) is 5.02 Å². The smallest absolute Gasteiger partial charge is 0.225 e. The molecule has 1 N–H and O–H groups in total. The van der Waals surface area contributed by atoms with Crippen LogP contribution in [0.3, 0.4) is 0 Å². The van der Waals surface area contributed by atoms with E-state index in [1.807, 2.05) is 12.1 Å². The normalized spacial score (nSPS) is 16.5. The van der Waals surface area contributed by atoms with E-state index in [0.29, 0.717) is 11.4 Å². The zero-order valence-electron chi connectivity index (χ0n) is 11.6. The third-order valence-corrected chi connectivity index (χ3v) is 3.59. The van der Waals surface area contributed by atoms with Gasteiger partial charge in [-0.2, -0.15) is 0 Å². The van der Waals surface area contributed by atoms with Gasteiger partial charge in [-0.05, 0) is 25.2 Å². The Bertz CT molecular complexity index is 434. The van der Waals surface area contributed by atoms with Crippen LogP contribution in [0.25, 0.3) is 0 Å². The minimum absolute atomic E-state index is 0. The van der Waals surface area contributed by atoms with Gasteiger partial charge in [-0.3, -0.25) is 4.79 Å². The summed E-state index contributed by atoms with van der Waals surface area (Å²) < 4.78 is 0. The highest BCUT2D eigenvalue weighted by molar-refractivity contribution is 6.30. The summed E-state index contributed by atoms with van der Waals surface area (Å²) in [6.07, 6.45) is 0.524. The number of rotatable bonds is 4. The lowest BCUT2D eigenvalue weighted by Crippen LogP contribution is -2.45. The molecule has 0 radical (unpaired) electrons. The van der Waals surface area contributed by atoms with Crippen molar-refractivity contribution in [1.29, 1.82) is 0 Å². The maximum Gasteiger partial charge on any atom is 0.225 e. The van der Waals surface area contributed by atoms with Gasteiger partial charge in [0.1, 0.15) is 0 Å². The number of hydrogen-bond donors (Lipinski definition) is 1. The van der Waals surface area contributed by atoms with E-state index in [1.54, 1.807) is 12.1 Å². The van der Waals surface area contributed by atoms with Gasteiger partial charge in [-0.1, -0.05) is 17.7 Å². The second kappa shape index (κ2) is 8.47. The molecule has 6 heteroatoms. The van der Waals surface area contributed by atoms with Crippen LogP contribution >= 0.6 is 24.0 Å². The van der Waals surface area contributed by atoms with E-state index >= 15 is 0 Å². The molecule has 0 aromatic heterocycles. The van der Waals surface area contributed by atoms with Crippen LogP contribution in [0.1, 0.15) is 6.42 Å². The van der Waals surface area contributed by atoms with E-state index in [-0.39, 0.29) is 18.3 Å². The molecular weight excluding hydrogens is 297 g/mol. The second-order valence-corrected chi connectivity index (χ2v) is 5.39. The Morgan fingerprint density at radius 2 is 2.00 bits per heavy atom. The van der Waals surface area contributed by atoms with Gasteiger partial charge in [0.05, 0.1) is 0 Å². The van der Waals surface area contributed by atoms with E-state index in [2.05, 4.69) is 22.2 Å². The molecule has 1 aromatic carbocycles. The third kappa shape index (κ3) is 5.67. The molecule has 0 saturated carbocycles. The molecule has 1 heterocycles. The van der Waals surface area contributed by atoms with Gasteiger partial charge in [0.2, 0.25) is 5.91 Å². The molecular formula is C14H21Cl2N3O. The Labute approximate surface area is 131 Å². The molecule has 4 nitrogen and oxygen atoms in total. The number of halogens is 2. The van der Waals surface area contributed by atoms with Crippen LogP contribution in [0.15, 0.2) is 24.3 Å². The van der Waals surface area contributed by atoms with Crippen LogP contribution in [0, 0.1) is 0 Å². The first-order valence-electron chi connectivity index (χ1n) is 6.60. The molecule has 0 aliphatic carbocycles. The van der Waals surface area contributed by atoms with Crippen LogP contribution in [-0.2, 0) is 4.79 Å². The first-order chi connectivity index (χ1) is 9.13. The molecule has 1 fully saturated rings. The van der Waals surface area contributed by atoms with Crippen molar-refractivity contribution in [2.24, 2.45) is 0 Å². The molecule has 1 saturated heterocycles. The first kappa shape index (κ1) is 17.2. The fraction of sp³-hybridized carbons (Fsp3) is 0.500. The van der Waals surface area contributed by atoms with E-state index in [0.717, 1.165) is 38.4 Å². The zero-order valence-corrected chi connectivity index (χ0v) is 13.2. The van der Waals surface area contributed by atoms with Gasteiger partial charge in [0.25, 0.3) is 0 Å². The van der Waals surface area contributed by atoms with Crippen LogP contribution < -0.4 is 5.32 Å². The van der Waals surface area contributed by atoms with Crippen LogP contribution in [0.4, 0.5) is 5.69 Å². The molecule has 0 bridgehead atoms. The number of carbonyl (C=O) groups excluding carboxylic acids is 1. The average molecular weight is 318 g/mol. The van der Waals surface area contributed by atoms with Gasteiger partial charge in [0, 0.05) is 49.9 Å². The van der Waals surface area contributed by atoms with Crippen molar-refractivity contribution in [2.45, 2.75) is 6.42 Å². The molecule has 0 spiro atoms. The Morgan fingerprint density at radius 1 is 1.30 bits per heavy atom. The van der Waals surface area contributed by atoms with Gasteiger partial charge >= 0.3 is 0 Å². The molecule has 112 valence electrons. The maximum absolute atomic E-state index is 11.8. The van der Waals surface area contributed by atoms with Crippen molar-refractivity contribution >= 4 is 35.6 Å². The van der Waals surface area contributed by atoms with Crippen molar-refractivity contribution in [1.82, 2.24) is 9.80 Å². The molecule has 1 aliphatic rings. The van der Waals surface area contributed by atoms with Gasteiger partial charge in [-0.15, -0.1) is 12.4 Å². The number of nitrogens with one attached hydrogen (secondary N) is 1. The lowest BCUT2D eigenvalue weighted by atomic mass is 10.2. The van der Waals surface area contributed by atoms with Crippen LogP contribution in [-0.4, -0.2) is 55.5 Å². The van der Waals surface area contributed by atoms with Crippen molar-refractivity contribution in [3.63, 3.8) is 0 Å². The fourth-order valence-electron chi connectivity index (χ4n) is 2.12. The fourth-order valence-corrected chi connectivity index (χ4v) is 2.31. The highest BCUT2D eigenvalue weighted by Crippen LogP contribution is 2.15. The van der Waals surface area contributed by atoms with E-state index < -0.39 is 0 Å². The molecule has 1 aromatic rings. The van der Waals surface area contributed by atoms with Crippen molar-refractivity contribution in [3.05, 3.63) is 29.3 Å². The van der Waals surface area contributed by atoms with Crippen LogP contribution in [0.5, 0.6) is 0 Å². The van der Waals surface area contributed by atoms with E-state index in [4.69, 9.17) is 11.6 Å². The molecule has 2 rings (SSSR count). The van der Waals surface area contributed by atoms with E-state index in [9.17, 15) is 4.79 Å². The topological polar surface area (TPSA) is 35.6 Å². The summed E-state index contributed by atoms with van der Waals surface area (Å²) in [4.78, 5) is 16.5. The summed E-state index contributed by atoms with van der Waals surface area (Å²) in [7, 11) is 2.13. The van der Waals surface area contributed by atoms with Crippen molar-refractivity contribution in [3.8, 4) is 0 Å². The number of anilines is 1. The SMILES string of the molecule is CN1CCN(CCC(=O)Nc2cccc(Cl)c2)CC1.Cl. The Hall–Kier alpha value is -0.810. The molecule has 0 unspecified atom stereocenters. The summed E-state index contributed by atoms with van der Waals surface area (Å²) in [5.74, 6) is 0.0428. The number of nitrogens with zero attached hydrogens (tertiary/aromatic N) is 2. The number of likely N-dealkylation sites (N-methyl/N-ethyl adjacent to an activating group) is 1. The number of amides is 1. The highest BCUT2D eigenvalue weighted by Gasteiger charge is 2.14. The van der Waals surface area contributed by atoms with E-state index in [1.165, 1.54) is 0 Å². The summed E-state index contributed by atoms with van der Waals surface area (Å²) in [6, 6.07) is 7.23.